The van der Waals surface area contributed by atoms with Gasteiger partial charge in [0, 0.05) is 18.1 Å². The van der Waals surface area contributed by atoms with Gasteiger partial charge in [-0.3, -0.25) is 0 Å². The molecule has 0 aliphatic carbocycles. The van der Waals surface area contributed by atoms with Crippen molar-refractivity contribution in [2.75, 3.05) is 20.8 Å². The Morgan fingerprint density at radius 1 is 1.13 bits per heavy atom. The maximum absolute atomic E-state index is 12.4. The number of rotatable bonds is 7. The molecule has 124 valence electrons. The van der Waals surface area contributed by atoms with Gasteiger partial charge in [-0.15, -0.1) is 0 Å². The van der Waals surface area contributed by atoms with Gasteiger partial charge in [-0.2, -0.15) is 0 Å². The van der Waals surface area contributed by atoms with Gasteiger partial charge in [0.05, 0.1) is 18.1 Å². The highest BCUT2D eigenvalue weighted by molar-refractivity contribution is 9.10. The van der Waals surface area contributed by atoms with Crippen LogP contribution in [0.25, 0.3) is 0 Å². The van der Waals surface area contributed by atoms with Crippen LogP contribution in [0.15, 0.2) is 57.9 Å². The summed E-state index contributed by atoms with van der Waals surface area (Å²) in [7, 11) is -0.509. The quantitative estimate of drug-likeness (QED) is 0.776. The first-order valence-electron chi connectivity index (χ1n) is 6.89. The Labute approximate surface area is 144 Å². The van der Waals surface area contributed by atoms with E-state index >= 15 is 0 Å². The number of ether oxygens (including phenoxy) is 2. The standard InChI is InChI=1S/C16H18BrNO4S/c1-21-13-7-5-6-12(10-13)15(22-2)11-18-23(19,20)16-9-4-3-8-14(16)17/h3-10,15,18H,11H2,1-2H3/t15-/m0/s1. The second-order valence-corrected chi connectivity index (χ2v) is 7.37. The molecule has 23 heavy (non-hydrogen) atoms. The summed E-state index contributed by atoms with van der Waals surface area (Å²) in [6, 6.07) is 14.0. The molecule has 0 aliphatic heterocycles. The molecule has 1 N–H and O–H groups in total. The topological polar surface area (TPSA) is 64.6 Å². The Bertz CT molecular complexity index is 764. The van der Waals surface area contributed by atoms with Gasteiger partial charge in [0.2, 0.25) is 10.0 Å². The molecule has 2 rings (SSSR count). The number of sulfonamides is 1. The van der Waals surface area contributed by atoms with E-state index in [9.17, 15) is 8.42 Å². The van der Waals surface area contributed by atoms with Crippen molar-refractivity contribution in [1.29, 1.82) is 0 Å². The number of hydrogen-bond donors (Lipinski definition) is 1. The predicted molar refractivity (Wildman–Crippen MR) is 92.1 cm³/mol. The van der Waals surface area contributed by atoms with Crippen LogP contribution in [-0.2, 0) is 14.8 Å². The van der Waals surface area contributed by atoms with E-state index in [1.54, 1.807) is 31.4 Å². The zero-order valence-electron chi connectivity index (χ0n) is 12.8. The molecule has 0 amide bonds. The Morgan fingerprint density at radius 3 is 2.52 bits per heavy atom. The molecular weight excluding hydrogens is 382 g/mol. The highest BCUT2D eigenvalue weighted by Crippen LogP contribution is 2.23. The van der Waals surface area contributed by atoms with Gasteiger partial charge in [-0.05, 0) is 45.8 Å². The first kappa shape index (κ1) is 17.9. The Kier molecular flexibility index (Phi) is 6.17. The second-order valence-electron chi connectivity index (χ2n) is 4.78. The lowest BCUT2D eigenvalue weighted by Crippen LogP contribution is -2.29. The summed E-state index contributed by atoms with van der Waals surface area (Å²) in [5.41, 5.74) is 0.835. The van der Waals surface area contributed by atoms with Crippen molar-refractivity contribution in [2.45, 2.75) is 11.0 Å². The van der Waals surface area contributed by atoms with Gasteiger partial charge < -0.3 is 9.47 Å². The molecule has 0 fully saturated rings. The van der Waals surface area contributed by atoms with Crippen molar-refractivity contribution in [3.8, 4) is 5.75 Å². The highest BCUT2D eigenvalue weighted by atomic mass is 79.9. The van der Waals surface area contributed by atoms with E-state index < -0.39 is 16.1 Å². The third kappa shape index (κ3) is 4.54. The molecule has 0 heterocycles. The van der Waals surface area contributed by atoms with Crippen LogP contribution in [0.4, 0.5) is 0 Å². The van der Waals surface area contributed by atoms with Crippen LogP contribution in [0.1, 0.15) is 11.7 Å². The number of nitrogens with one attached hydrogen (secondary N) is 1. The Hall–Kier alpha value is -1.41. The number of methoxy groups -OCH3 is 2. The Morgan fingerprint density at radius 2 is 1.87 bits per heavy atom. The molecule has 0 aromatic heterocycles. The average molecular weight is 400 g/mol. The lowest BCUT2D eigenvalue weighted by molar-refractivity contribution is 0.107. The Balaban J connectivity index is 2.15. The molecule has 0 saturated heterocycles. The molecule has 2 aromatic rings. The van der Waals surface area contributed by atoms with Crippen molar-refractivity contribution < 1.29 is 17.9 Å². The van der Waals surface area contributed by atoms with E-state index in [0.29, 0.717) is 10.2 Å². The van der Waals surface area contributed by atoms with Crippen LogP contribution in [-0.4, -0.2) is 29.2 Å². The van der Waals surface area contributed by atoms with Gasteiger partial charge in [0.1, 0.15) is 5.75 Å². The summed E-state index contributed by atoms with van der Waals surface area (Å²) in [6.45, 7) is 0.118. The fraction of sp³-hybridized carbons (Fsp3) is 0.250. The average Bonchev–Trinajstić information content (AvgIpc) is 2.56. The molecule has 0 unspecified atom stereocenters. The van der Waals surface area contributed by atoms with Gasteiger partial charge >= 0.3 is 0 Å². The van der Waals surface area contributed by atoms with Gasteiger partial charge in [0.25, 0.3) is 0 Å². The largest absolute Gasteiger partial charge is 0.497 e. The van der Waals surface area contributed by atoms with Crippen LogP contribution in [0, 0.1) is 0 Å². The van der Waals surface area contributed by atoms with Gasteiger partial charge in [0.15, 0.2) is 0 Å². The second kappa shape index (κ2) is 7.92. The number of hydrogen-bond acceptors (Lipinski definition) is 4. The van der Waals surface area contributed by atoms with Crippen LogP contribution < -0.4 is 9.46 Å². The monoisotopic (exact) mass is 399 g/mol. The smallest absolute Gasteiger partial charge is 0.241 e. The highest BCUT2D eigenvalue weighted by Gasteiger charge is 2.20. The van der Waals surface area contributed by atoms with Crippen molar-refractivity contribution in [3.05, 3.63) is 58.6 Å². The van der Waals surface area contributed by atoms with Crippen LogP contribution >= 0.6 is 15.9 Å². The van der Waals surface area contributed by atoms with E-state index in [0.717, 1.165) is 5.56 Å². The molecule has 1 atom stereocenters. The van der Waals surface area contributed by atoms with Crippen LogP contribution in [0.2, 0.25) is 0 Å². The molecule has 0 saturated carbocycles. The van der Waals surface area contributed by atoms with Crippen molar-refractivity contribution in [1.82, 2.24) is 4.72 Å². The zero-order valence-corrected chi connectivity index (χ0v) is 15.2. The first-order valence-corrected chi connectivity index (χ1v) is 9.16. The van der Waals surface area contributed by atoms with E-state index in [4.69, 9.17) is 9.47 Å². The number of halogens is 1. The van der Waals surface area contributed by atoms with E-state index in [1.807, 2.05) is 24.3 Å². The minimum atomic E-state index is -3.63. The molecular formula is C16H18BrNO4S. The fourth-order valence-corrected chi connectivity index (χ4v) is 4.14. The molecule has 2 aromatic carbocycles. The van der Waals surface area contributed by atoms with Crippen molar-refractivity contribution in [3.63, 3.8) is 0 Å². The maximum Gasteiger partial charge on any atom is 0.241 e. The first-order chi connectivity index (χ1) is 11.0. The van der Waals surface area contributed by atoms with E-state index in [1.165, 1.54) is 7.11 Å². The fourth-order valence-electron chi connectivity index (χ4n) is 2.10. The molecule has 0 aliphatic rings. The lowest BCUT2D eigenvalue weighted by Gasteiger charge is -2.17. The summed E-state index contributed by atoms with van der Waals surface area (Å²) in [5.74, 6) is 0.693. The normalized spacial score (nSPS) is 12.8. The summed E-state index contributed by atoms with van der Waals surface area (Å²) < 4.78 is 38.5. The molecule has 7 heteroatoms. The summed E-state index contributed by atoms with van der Waals surface area (Å²) in [6.07, 6.45) is -0.414. The third-order valence-electron chi connectivity index (χ3n) is 3.34. The SMILES string of the molecule is COc1cccc([C@H](CNS(=O)(=O)c2ccccc2Br)OC)c1. The minimum Gasteiger partial charge on any atom is -0.497 e. The van der Waals surface area contributed by atoms with Crippen LogP contribution in [0.5, 0.6) is 5.75 Å². The van der Waals surface area contributed by atoms with Crippen molar-refractivity contribution >= 4 is 26.0 Å². The van der Waals surface area contributed by atoms with Crippen LogP contribution in [0.3, 0.4) is 0 Å². The molecule has 0 bridgehead atoms. The van der Waals surface area contributed by atoms with Gasteiger partial charge in [-0.25, -0.2) is 13.1 Å². The minimum absolute atomic E-state index is 0.118. The summed E-state index contributed by atoms with van der Waals surface area (Å²) >= 11 is 3.25. The molecule has 5 nitrogen and oxygen atoms in total. The molecule has 0 radical (unpaired) electrons. The lowest BCUT2D eigenvalue weighted by atomic mass is 10.1. The summed E-state index contributed by atoms with van der Waals surface area (Å²) in [5, 5.41) is 0. The predicted octanol–water partition coefficient (Wildman–Crippen LogP) is 3.12. The third-order valence-corrected chi connectivity index (χ3v) is 5.77. The van der Waals surface area contributed by atoms with Crippen molar-refractivity contribution in [2.24, 2.45) is 0 Å². The summed E-state index contributed by atoms with van der Waals surface area (Å²) in [4.78, 5) is 0.195. The molecule has 0 spiro atoms. The number of benzene rings is 2. The maximum atomic E-state index is 12.4. The van der Waals surface area contributed by atoms with E-state index in [-0.39, 0.29) is 11.4 Å². The van der Waals surface area contributed by atoms with E-state index in [2.05, 4.69) is 20.7 Å². The van der Waals surface area contributed by atoms with Gasteiger partial charge in [-0.1, -0.05) is 24.3 Å². The zero-order chi connectivity index (χ0) is 16.9.